The highest BCUT2D eigenvalue weighted by Crippen LogP contribution is 2.36. The molecule has 5 nitrogen and oxygen atoms in total. The van der Waals surface area contributed by atoms with Gasteiger partial charge in [-0.1, -0.05) is 12.1 Å². The minimum Gasteiger partial charge on any atom is -0.478 e. The Balaban J connectivity index is 2.86. The van der Waals surface area contributed by atoms with Crippen molar-refractivity contribution in [3.8, 4) is 0 Å². The topological polar surface area (TPSA) is 94.8 Å². The fourth-order valence-electron chi connectivity index (χ4n) is 0.920. The average Bonchev–Trinajstić information content (AvgIpc) is 2.14. The molecular weight excluding hydrogens is 219 g/mol. The first-order valence-corrected chi connectivity index (χ1v) is 5.64. The predicted molar refractivity (Wildman–Crippen MR) is 54.5 cm³/mol. The van der Waals surface area contributed by atoms with Crippen molar-refractivity contribution in [2.75, 3.05) is 0 Å². The lowest BCUT2D eigenvalue weighted by Gasteiger charge is -1.97. The summed E-state index contributed by atoms with van der Waals surface area (Å²) < 4.78 is 10.5. The van der Waals surface area contributed by atoms with E-state index in [9.17, 15) is 9.36 Å². The van der Waals surface area contributed by atoms with Crippen LogP contribution in [-0.2, 0) is 4.57 Å². The van der Waals surface area contributed by atoms with Gasteiger partial charge in [0.25, 0.3) is 0 Å². The Kier molecular flexibility index (Phi) is 3.42. The van der Waals surface area contributed by atoms with Crippen LogP contribution in [0.15, 0.2) is 30.1 Å². The Morgan fingerprint density at radius 1 is 1.20 bits per heavy atom. The molecule has 1 aromatic rings. The van der Waals surface area contributed by atoms with Gasteiger partial charge in [-0.05, 0) is 23.8 Å². The van der Waals surface area contributed by atoms with Gasteiger partial charge in [-0.15, -0.1) is 0 Å². The second-order valence-electron chi connectivity index (χ2n) is 2.83. The third-order valence-corrected chi connectivity index (χ3v) is 2.16. The third kappa shape index (κ3) is 4.08. The van der Waals surface area contributed by atoms with E-state index in [-0.39, 0.29) is 5.56 Å². The Morgan fingerprint density at radius 2 is 1.73 bits per heavy atom. The summed E-state index contributed by atoms with van der Waals surface area (Å²) >= 11 is 0. The lowest BCUT2D eigenvalue weighted by atomic mass is 10.1. The fourth-order valence-corrected chi connectivity index (χ4v) is 1.29. The van der Waals surface area contributed by atoms with E-state index < -0.39 is 13.6 Å². The molecule has 0 aromatic heterocycles. The van der Waals surface area contributed by atoms with Crippen molar-refractivity contribution in [3.05, 3.63) is 41.2 Å². The van der Waals surface area contributed by atoms with Crippen LogP contribution in [0.2, 0.25) is 0 Å². The molecule has 0 spiro atoms. The van der Waals surface area contributed by atoms with Crippen LogP contribution in [0.25, 0.3) is 6.08 Å². The van der Waals surface area contributed by atoms with E-state index in [1.807, 2.05) is 0 Å². The maximum absolute atomic E-state index is 10.5. The lowest BCUT2D eigenvalue weighted by Crippen LogP contribution is -1.94. The van der Waals surface area contributed by atoms with Crippen molar-refractivity contribution in [1.82, 2.24) is 0 Å². The smallest absolute Gasteiger partial charge is 0.349 e. The predicted octanol–water partition coefficient (Wildman–Crippen LogP) is 1.53. The van der Waals surface area contributed by atoms with E-state index in [0.717, 1.165) is 5.82 Å². The van der Waals surface area contributed by atoms with Crippen LogP contribution in [0.1, 0.15) is 15.9 Å². The Labute approximate surface area is 85.8 Å². The molecule has 0 heterocycles. The molecule has 0 unspecified atom stereocenters. The molecule has 0 bridgehead atoms. The van der Waals surface area contributed by atoms with Gasteiger partial charge in [0.1, 0.15) is 0 Å². The number of carboxylic acid groups (broad SMARTS) is 1. The van der Waals surface area contributed by atoms with Gasteiger partial charge in [0.15, 0.2) is 0 Å². The van der Waals surface area contributed by atoms with E-state index in [1.54, 1.807) is 0 Å². The first-order chi connectivity index (χ1) is 6.88. The maximum Gasteiger partial charge on any atom is 0.349 e. The zero-order chi connectivity index (χ0) is 11.5. The van der Waals surface area contributed by atoms with E-state index in [2.05, 4.69) is 0 Å². The zero-order valence-corrected chi connectivity index (χ0v) is 8.46. The van der Waals surface area contributed by atoms with Gasteiger partial charge >= 0.3 is 13.6 Å². The summed E-state index contributed by atoms with van der Waals surface area (Å²) in [6.45, 7) is 0. The van der Waals surface area contributed by atoms with E-state index in [0.29, 0.717) is 5.56 Å². The molecule has 6 heteroatoms. The van der Waals surface area contributed by atoms with Crippen LogP contribution >= 0.6 is 7.60 Å². The van der Waals surface area contributed by atoms with Gasteiger partial charge in [0.2, 0.25) is 0 Å². The highest BCUT2D eigenvalue weighted by atomic mass is 31.2. The van der Waals surface area contributed by atoms with Crippen molar-refractivity contribution in [2.24, 2.45) is 0 Å². The molecule has 0 aliphatic heterocycles. The minimum atomic E-state index is -4.16. The largest absolute Gasteiger partial charge is 0.478 e. The summed E-state index contributed by atoms with van der Waals surface area (Å²) in [5, 5.41) is 8.59. The summed E-state index contributed by atoms with van der Waals surface area (Å²) in [6.07, 6.45) is 1.24. The number of benzene rings is 1. The summed E-state index contributed by atoms with van der Waals surface area (Å²) in [6, 6.07) is 5.66. The van der Waals surface area contributed by atoms with Crippen molar-refractivity contribution in [1.29, 1.82) is 0 Å². The van der Waals surface area contributed by atoms with E-state index in [4.69, 9.17) is 14.9 Å². The lowest BCUT2D eigenvalue weighted by molar-refractivity contribution is 0.0697. The monoisotopic (exact) mass is 228 g/mol. The van der Waals surface area contributed by atoms with Crippen molar-refractivity contribution >= 4 is 19.6 Å². The van der Waals surface area contributed by atoms with Crippen molar-refractivity contribution < 1.29 is 24.3 Å². The first kappa shape index (κ1) is 11.7. The first-order valence-electron chi connectivity index (χ1n) is 3.96. The number of rotatable bonds is 3. The summed E-state index contributed by atoms with van der Waals surface area (Å²) in [7, 11) is -4.16. The molecule has 0 fully saturated rings. The summed E-state index contributed by atoms with van der Waals surface area (Å²) in [5.41, 5.74) is 0.659. The molecule has 0 atom stereocenters. The molecule has 0 amide bonds. The third-order valence-electron chi connectivity index (χ3n) is 1.62. The number of aromatic carboxylic acids is 1. The Bertz CT molecular complexity index is 428. The number of carboxylic acids is 1. The van der Waals surface area contributed by atoms with Gasteiger partial charge in [-0.25, -0.2) is 4.79 Å². The molecule has 1 rings (SSSR count). The Hall–Kier alpha value is -1.42. The van der Waals surface area contributed by atoms with Crippen LogP contribution in [-0.4, -0.2) is 20.9 Å². The SMILES string of the molecule is O=C(O)c1ccc(C=CP(=O)(O)O)cc1. The Morgan fingerprint density at radius 3 is 2.13 bits per heavy atom. The number of carbonyl (C=O) groups is 1. The fraction of sp³-hybridized carbons (Fsp3) is 0. The molecular formula is C9H9O5P. The van der Waals surface area contributed by atoms with Gasteiger partial charge in [0.05, 0.1) is 5.56 Å². The number of hydrogen-bond acceptors (Lipinski definition) is 2. The van der Waals surface area contributed by atoms with Gasteiger partial charge in [-0.3, -0.25) is 4.57 Å². The molecule has 0 saturated heterocycles. The molecule has 0 aliphatic rings. The summed E-state index contributed by atoms with van der Waals surface area (Å²) in [4.78, 5) is 27.6. The molecule has 0 saturated carbocycles. The quantitative estimate of drug-likeness (QED) is 0.682. The zero-order valence-electron chi connectivity index (χ0n) is 7.57. The second-order valence-corrected chi connectivity index (χ2v) is 4.31. The van der Waals surface area contributed by atoms with Crippen LogP contribution < -0.4 is 0 Å². The average molecular weight is 228 g/mol. The van der Waals surface area contributed by atoms with Crippen LogP contribution in [0.4, 0.5) is 0 Å². The maximum atomic E-state index is 10.5. The van der Waals surface area contributed by atoms with E-state index >= 15 is 0 Å². The second kappa shape index (κ2) is 4.40. The molecule has 15 heavy (non-hydrogen) atoms. The van der Waals surface area contributed by atoms with Gasteiger partial charge in [0, 0.05) is 5.82 Å². The van der Waals surface area contributed by atoms with Crippen LogP contribution in [0.5, 0.6) is 0 Å². The summed E-state index contributed by atoms with van der Waals surface area (Å²) in [5.74, 6) is -0.275. The van der Waals surface area contributed by atoms with E-state index in [1.165, 1.54) is 30.3 Å². The standard InChI is InChI=1S/C9H9O5P/c10-9(11)8-3-1-7(2-4-8)5-6-15(12,13)14/h1-6H,(H,10,11)(H2,12,13,14). The van der Waals surface area contributed by atoms with Gasteiger partial charge in [-0.2, -0.15) is 0 Å². The molecule has 3 N–H and O–H groups in total. The highest BCUT2D eigenvalue weighted by molar-refractivity contribution is 7.55. The molecule has 1 aromatic carbocycles. The van der Waals surface area contributed by atoms with Gasteiger partial charge < -0.3 is 14.9 Å². The minimum absolute atomic E-state index is 0.128. The molecule has 0 aliphatic carbocycles. The highest BCUT2D eigenvalue weighted by Gasteiger charge is 2.05. The van der Waals surface area contributed by atoms with Crippen LogP contribution in [0.3, 0.4) is 0 Å². The van der Waals surface area contributed by atoms with Crippen molar-refractivity contribution in [3.63, 3.8) is 0 Å². The van der Waals surface area contributed by atoms with Crippen molar-refractivity contribution in [2.45, 2.75) is 0 Å². The van der Waals surface area contributed by atoms with Crippen LogP contribution in [0, 0.1) is 0 Å². The number of hydrogen-bond donors (Lipinski definition) is 3. The normalized spacial score (nSPS) is 11.9. The molecule has 80 valence electrons. The molecule has 0 radical (unpaired) electrons.